The Hall–Kier alpha value is -3.59. The minimum atomic E-state index is -0.512. The van der Waals surface area contributed by atoms with Crippen molar-refractivity contribution >= 4 is 5.91 Å². The van der Waals surface area contributed by atoms with Crippen molar-refractivity contribution in [1.82, 2.24) is 25.2 Å². The zero-order chi connectivity index (χ0) is 21.8. The normalized spacial score (nSPS) is 15.0. The molecule has 4 rings (SSSR count). The third kappa shape index (κ3) is 5.32. The van der Waals surface area contributed by atoms with E-state index in [-0.39, 0.29) is 17.8 Å². The zero-order valence-corrected chi connectivity index (χ0v) is 16.7. The van der Waals surface area contributed by atoms with Gasteiger partial charge in [0.2, 0.25) is 0 Å². The van der Waals surface area contributed by atoms with Crippen LogP contribution in [-0.2, 0) is 6.54 Å². The molecule has 0 saturated carbocycles. The van der Waals surface area contributed by atoms with Crippen molar-refractivity contribution in [1.29, 1.82) is 0 Å². The molecule has 0 bridgehead atoms. The standard InChI is InChI=1S/C22H22FN5O3/c23-16-3-1-2-14(10-16)19-5-4-15(12-24-19)21(30)25-17-6-8-28(9-7-17)13-18-11-20(29)27-22(31)26-18/h1-5,10-12,17H,6-9,13H2,(H,25,30)(H2,26,27,29,31). The van der Waals surface area contributed by atoms with Crippen molar-refractivity contribution < 1.29 is 9.18 Å². The molecule has 1 fully saturated rings. The fourth-order valence-electron chi connectivity index (χ4n) is 3.70. The van der Waals surface area contributed by atoms with Crippen LogP contribution in [0.2, 0.25) is 0 Å². The topological polar surface area (TPSA) is 111 Å². The number of benzene rings is 1. The largest absolute Gasteiger partial charge is 0.349 e. The summed E-state index contributed by atoms with van der Waals surface area (Å²) in [5, 5.41) is 3.03. The number of nitrogens with one attached hydrogen (secondary N) is 3. The number of carbonyl (C=O) groups is 1. The van der Waals surface area contributed by atoms with Gasteiger partial charge in [0.1, 0.15) is 5.82 Å². The van der Waals surface area contributed by atoms with Gasteiger partial charge in [-0.05, 0) is 37.1 Å². The van der Waals surface area contributed by atoms with Gasteiger partial charge in [0.15, 0.2) is 0 Å². The Kier molecular flexibility index (Phi) is 6.03. The molecule has 0 radical (unpaired) electrons. The second-order valence-electron chi connectivity index (χ2n) is 7.58. The molecule has 0 atom stereocenters. The summed E-state index contributed by atoms with van der Waals surface area (Å²) in [5.74, 6) is -0.534. The number of halogens is 1. The summed E-state index contributed by atoms with van der Waals surface area (Å²) in [6.07, 6.45) is 3.01. The fraction of sp³-hybridized carbons (Fsp3) is 0.273. The molecule has 3 N–H and O–H groups in total. The molecular formula is C22H22FN5O3. The van der Waals surface area contributed by atoms with Crippen molar-refractivity contribution in [2.24, 2.45) is 0 Å². The summed E-state index contributed by atoms with van der Waals surface area (Å²) < 4.78 is 13.4. The number of hydrogen-bond donors (Lipinski definition) is 3. The summed E-state index contributed by atoms with van der Waals surface area (Å²) in [6, 6.07) is 11.0. The van der Waals surface area contributed by atoms with E-state index in [1.165, 1.54) is 24.4 Å². The molecule has 3 aromatic rings. The average molecular weight is 423 g/mol. The molecule has 3 heterocycles. The molecule has 1 aliphatic heterocycles. The molecular weight excluding hydrogens is 401 g/mol. The second-order valence-corrected chi connectivity index (χ2v) is 7.58. The molecule has 0 unspecified atom stereocenters. The first-order valence-electron chi connectivity index (χ1n) is 10.0. The van der Waals surface area contributed by atoms with Crippen LogP contribution >= 0.6 is 0 Å². The number of amides is 1. The first-order chi connectivity index (χ1) is 15.0. The number of carbonyl (C=O) groups excluding carboxylic acids is 1. The van der Waals surface area contributed by atoms with Gasteiger partial charge in [-0.15, -0.1) is 0 Å². The summed E-state index contributed by atoms with van der Waals surface area (Å²) in [4.78, 5) is 46.5. The lowest BCUT2D eigenvalue weighted by atomic mass is 10.0. The van der Waals surface area contributed by atoms with Crippen LogP contribution in [0.1, 0.15) is 28.9 Å². The van der Waals surface area contributed by atoms with Gasteiger partial charge in [-0.3, -0.25) is 24.5 Å². The molecule has 160 valence electrons. The molecule has 1 aliphatic rings. The van der Waals surface area contributed by atoms with Crippen LogP contribution in [0.25, 0.3) is 11.3 Å². The van der Waals surface area contributed by atoms with Crippen LogP contribution in [0, 0.1) is 5.82 Å². The lowest BCUT2D eigenvalue weighted by molar-refractivity contribution is 0.0908. The first kappa shape index (κ1) is 20.7. The zero-order valence-electron chi connectivity index (χ0n) is 16.7. The molecule has 1 saturated heterocycles. The Bertz CT molecular complexity index is 1150. The Balaban J connectivity index is 1.30. The Morgan fingerprint density at radius 3 is 2.61 bits per heavy atom. The monoisotopic (exact) mass is 423 g/mol. The third-order valence-corrected chi connectivity index (χ3v) is 5.28. The van der Waals surface area contributed by atoms with Crippen LogP contribution in [0.3, 0.4) is 0 Å². The second kappa shape index (κ2) is 9.05. The van der Waals surface area contributed by atoms with Crippen molar-refractivity contribution in [3.63, 3.8) is 0 Å². The highest BCUT2D eigenvalue weighted by atomic mass is 19.1. The number of aromatic nitrogens is 3. The maximum Gasteiger partial charge on any atom is 0.325 e. The quantitative estimate of drug-likeness (QED) is 0.578. The highest BCUT2D eigenvalue weighted by molar-refractivity contribution is 5.94. The van der Waals surface area contributed by atoms with Crippen LogP contribution in [-0.4, -0.2) is 44.9 Å². The fourth-order valence-corrected chi connectivity index (χ4v) is 3.70. The predicted octanol–water partition coefficient (Wildman–Crippen LogP) is 1.66. The van der Waals surface area contributed by atoms with Crippen molar-refractivity contribution in [3.8, 4) is 11.3 Å². The number of piperidine rings is 1. The highest BCUT2D eigenvalue weighted by Gasteiger charge is 2.21. The van der Waals surface area contributed by atoms with E-state index in [0.29, 0.717) is 29.1 Å². The van der Waals surface area contributed by atoms with Crippen molar-refractivity contribution in [2.75, 3.05) is 13.1 Å². The maximum atomic E-state index is 13.4. The Labute approximate surface area is 177 Å². The van der Waals surface area contributed by atoms with E-state index in [4.69, 9.17) is 0 Å². The molecule has 0 aliphatic carbocycles. The number of hydrogen-bond acceptors (Lipinski definition) is 5. The van der Waals surface area contributed by atoms with Gasteiger partial charge in [0, 0.05) is 49.2 Å². The minimum Gasteiger partial charge on any atom is -0.349 e. The lowest BCUT2D eigenvalue weighted by Crippen LogP contribution is -2.44. The van der Waals surface area contributed by atoms with Gasteiger partial charge in [0.25, 0.3) is 11.5 Å². The number of H-pyrrole nitrogens is 2. The van der Waals surface area contributed by atoms with Gasteiger partial charge in [-0.25, -0.2) is 9.18 Å². The number of likely N-dealkylation sites (tertiary alicyclic amines) is 1. The Morgan fingerprint density at radius 1 is 1.13 bits per heavy atom. The first-order valence-corrected chi connectivity index (χ1v) is 10.0. The number of aromatic amines is 2. The lowest BCUT2D eigenvalue weighted by Gasteiger charge is -2.32. The highest BCUT2D eigenvalue weighted by Crippen LogP contribution is 2.18. The van der Waals surface area contributed by atoms with Gasteiger partial charge >= 0.3 is 5.69 Å². The Morgan fingerprint density at radius 2 is 1.94 bits per heavy atom. The van der Waals surface area contributed by atoms with E-state index in [1.54, 1.807) is 24.3 Å². The molecule has 8 nitrogen and oxygen atoms in total. The van der Waals surface area contributed by atoms with E-state index in [9.17, 15) is 18.8 Å². The van der Waals surface area contributed by atoms with Crippen LogP contribution < -0.4 is 16.6 Å². The number of nitrogens with zero attached hydrogens (tertiary/aromatic N) is 2. The van der Waals surface area contributed by atoms with E-state index >= 15 is 0 Å². The molecule has 31 heavy (non-hydrogen) atoms. The summed E-state index contributed by atoms with van der Waals surface area (Å²) in [5.41, 5.74) is 1.34. The van der Waals surface area contributed by atoms with Gasteiger partial charge in [-0.1, -0.05) is 12.1 Å². The van der Waals surface area contributed by atoms with Crippen molar-refractivity contribution in [2.45, 2.75) is 25.4 Å². The minimum absolute atomic E-state index is 0.0323. The molecule has 2 aromatic heterocycles. The van der Waals surface area contributed by atoms with Crippen LogP contribution in [0.4, 0.5) is 4.39 Å². The summed E-state index contributed by atoms with van der Waals surface area (Å²) >= 11 is 0. The predicted molar refractivity (Wildman–Crippen MR) is 113 cm³/mol. The van der Waals surface area contributed by atoms with E-state index < -0.39 is 11.2 Å². The van der Waals surface area contributed by atoms with Gasteiger partial charge < -0.3 is 10.3 Å². The smallest absolute Gasteiger partial charge is 0.325 e. The van der Waals surface area contributed by atoms with Crippen molar-refractivity contribution in [3.05, 3.63) is 86.6 Å². The summed E-state index contributed by atoms with van der Waals surface area (Å²) in [6.45, 7) is 1.94. The van der Waals surface area contributed by atoms with Crippen LogP contribution in [0.5, 0.6) is 0 Å². The molecule has 9 heteroatoms. The number of pyridine rings is 1. The van der Waals surface area contributed by atoms with Crippen LogP contribution in [0.15, 0.2) is 58.3 Å². The molecule has 1 amide bonds. The van der Waals surface area contributed by atoms with Gasteiger partial charge in [-0.2, -0.15) is 0 Å². The van der Waals surface area contributed by atoms with E-state index in [0.717, 1.165) is 25.9 Å². The average Bonchev–Trinajstić information content (AvgIpc) is 2.74. The van der Waals surface area contributed by atoms with E-state index in [1.807, 2.05) is 0 Å². The maximum absolute atomic E-state index is 13.4. The number of rotatable bonds is 5. The van der Waals surface area contributed by atoms with Gasteiger partial charge in [0.05, 0.1) is 11.3 Å². The SMILES string of the molecule is O=C(NC1CCN(Cc2cc(=O)[nH]c(=O)[nH]2)CC1)c1ccc(-c2cccc(F)c2)nc1. The van der Waals surface area contributed by atoms with E-state index in [2.05, 4.69) is 25.2 Å². The molecule has 1 aromatic carbocycles. The molecule has 0 spiro atoms. The third-order valence-electron chi connectivity index (χ3n) is 5.28. The summed E-state index contributed by atoms with van der Waals surface area (Å²) in [7, 11) is 0.